The fourth-order valence-electron chi connectivity index (χ4n) is 6.66. The Morgan fingerprint density at radius 3 is 2.18 bits per heavy atom. The predicted octanol–water partition coefficient (Wildman–Crippen LogP) is 7.61. The number of carbonyl (C=O) groups is 1. The average Bonchev–Trinajstić information content (AvgIpc) is 3.55. The molecule has 0 unspecified atom stereocenters. The van der Waals surface area contributed by atoms with E-state index < -0.39 is 0 Å². The highest BCUT2D eigenvalue weighted by atomic mass is 16.5. The molecule has 258 valence electrons. The first-order valence-corrected chi connectivity index (χ1v) is 17.5. The second kappa shape index (κ2) is 16.0. The van der Waals surface area contributed by atoms with Gasteiger partial charge in [-0.2, -0.15) is 0 Å². The highest BCUT2D eigenvalue weighted by Gasteiger charge is 2.32. The molecule has 4 aromatic rings. The van der Waals surface area contributed by atoms with Gasteiger partial charge in [0, 0.05) is 18.8 Å². The van der Waals surface area contributed by atoms with Crippen LogP contribution >= 0.6 is 0 Å². The summed E-state index contributed by atoms with van der Waals surface area (Å²) in [7, 11) is 3.22. The zero-order valence-corrected chi connectivity index (χ0v) is 28.8. The van der Waals surface area contributed by atoms with E-state index in [4.69, 9.17) is 18.9 Å². The zero-order valence-electron chi connectivity index (χ0n) is 28.8. The lowest BCUT2D eigenvalue weighted by molar-refractivity contribution is 0.0774. The van der Waals surface area contributed by atoms with Crippen molar-refractivity contribution in [3.05, 3.63) is 76.3 Å². The number of hydrogen-bond acceptors (Lipinski definition) is 8. The third-order valence-electron chi connectivity index (χ3n) is 9.36. The van der Waals surface area contributed by atoms with Gasteiger partial charge in [-0.05, 0) is 81.1 Å². The molecule has 2 aliphatic heterocycles. The number of unbranched alkanes of at least 4 members (excludes halogenated alkanes) is 7. The summed E-state index contributed by atoms with van der Waals surface area (Å²) in [5.74, 6) is 3.27. The van der Waals surface area contributed by atoms with Crippen LogP contribution in [0.4, 0.5) is 5.69 Å². The summed E-state index contributed by atoms with van der Waals surface area (Å²) >= 11 is 0. The molecule has 6 rings (SSSR count). The molecule has 0 saturated carbocycles. The van der Waals surface area contributed by atoms with Crippen molar-refractivity contribution in [1.82, 2.24) is 14.5 Å². The minimum atomic E-state index is -0.119. The molecule has 10 heteroatoms. The zero-order chi connectivity index (χ0) is 34.2. The van der Waals surface area contributed by atoms with Crippen LogP contribution in [0.2, 0.25) is 0 Å². The highest BCUT2D eigenvalue weighted by Crippen LogP contribution is 2.38. The second-order valence-electron chi connectivity index (χ2n) is 12.7. The number of aryl methyl sites for hydroxylation is 1. The number of rotatable bonds is 16. The largest absolute Gasteiger partial charge is 0.497 e. The van der Waals surface area contributed by atoms with Crippen LogP contribution in [-0.2, 0) is 0 Å². The fraction of sp³-hybridized carbons (Fsp3) is 0.436. The maximum atomic E-state index is 13.4. The molecule has 1 atom stereocenters. The minimum Gasteiger partial charge on any atom is -0.497 e. The standard InChI is InChI=1S/C39H46N4O6/c1-27-41-34-19-18-31(23-32(34)39(45)43(27)28-14-16-30(46-2)17-15-28)48-21-10-8-6-4-5-7-9-11-22-49-37-25-35-33(24-36(37)47-3)38(44)42-20-12-13-29(42)26-40-35/h14-19,23-26,29H,4-13,20-22H2,1-3H3/t29-/m0/s1. The molecule has 49 heavy (non-hydrogen) atoms. The van der Waals surface area contributed by atoms with Crippen molar-refractivity contribution in [2.45, 2.75) is 77.2 Å². The lowest BCUT2D eigenvalue weighted by Gasteiger charge is -2.20. The van der Waals surface area contributed by atoms with Crippen LogP contribution in [0.1, 0.15) is 80.4 Å². The number of aromatic nitrogens is 2. The molecule has 0 N–H and O–H groups in total. The van der Waals surface area contributed by atoms with Gasteiger partial charge in [0.2, 0.25) is 0 Å². The first-order valence-electron chi connectivity index (χ1n) is 17.5. The van der Waals surface area contributed by atoms with E-state index in [1.165, 1.54) is 12.8 Å². The SMILES string of the molecule is COc1ccc(-n2c(C)nc3ccc(OCCCCCCCCCCOc4cc5c(cc4OC)C(=O)N4CCC[C@H]4C=N5)cc3c2=O)cc1. The lowest BCUT2D eigenvalue weighted by atomic mass is 10.1. The third kappa shape index (κ3) is 7.90. The quantitative estimate of drug-likeness (QED) is 0.113. The molecular formula is C39H46N4O6. The summed E-state index contributed by atoms with van der Waals surface area (Å²) in [6.07, 6.45) is 12.7. The van der Waals surface area contributed by atoms with Gasteiger partial charge in [-0.3, -0.25) is 19.1 Å². The highest BCUT2D eigenvalue weighted by molar-refractivity contribution is 6.03. The van der Waals surface area contributed by atoms with Crippen molar-refractivity contribution in [2.24, 2.45) is 4.99 Å². The number of methoxy groups -OCH3 is 2. The summed E-state index contributed by atoms with van der Waals surface area (Å²) in [6.45, 7) is 3.81. The Labute approximate surface area is 287 Å². The van der Waals surface area contributed by atoms with E-state index >= 15 is 0 Å². The van der Waals surface area contributed by atoms with Crippen molar-refractivity contribution < 1.29 is 23.7 Å². The van der Waals surface area contributed by atoms with E-state index in [9.17, 15) is 9.59 Å². The van der Waals surface area contributed by atoms with Gasteiger partial charge in [-0.1, -0.05) is 38.5 Å². The molecule has 0 radical (unpaired) electrons. The van der Waals surface area contributed by atoms with Gasteiger partial charge in [0.15, 0.2) is 11.5 Å². The average molecular weight is 667 g/mol. The van der Waals surface area contributed by atoms with Gasteiger partial charge in [-0.25, -0.2) is 4.98 Å². The normalized spacial score (nSPS) is 15.2. The Kier molecular flexibility index (Phi) is 11.1. The maximum Gasteiger partial charge on any atom is 0.266 e. The van der Waals surface area contributed by atoms with Gasteiger partial charge in [0.05, 0.1) is 61.3 Å². The molecule has 2 aliphatic rings. The summed E-state index contributed by atoms with van der Waals surface area (Å²) in [5, 5.41) is 0.535. The Bertz CT molecular complexity index is 1850. The molecule has 0 aliphatic carbocycles. The van der Waals surface area contributed by atoms with Gasteiger partial charge >= 0.3 is 0 Å². The van der Waals surface area contributed by atoms with Gasteiger partial charge in [0.1, 0.15) is 17.3 Å². The van der Waals surface area contributed by atoms with Gasteiger partial charge in [0.25, 0.3) is 11.5 Å². The Hall–Kier alpha value is -4.86. The lowest BCUT2D eigenvalue weighted by Crippen LogP contribution is -2.35. The minimum absolute atomic E-state index is 0.0171. The van der Waals surface area contributed by atoms with Crippen molar-refractivity contribution >= 4 is 28.7 Å². The van der Waals surface area contributed by atoms with Crippen molar-refractivity contribution in [2.75, 3.05) is 34.0 Å². The molecule has 0 bridgehead atoms. The van der Waals surface area contributed by atoms with Crippen LogP contribution in [0.25, 0.3) is 16.6 Å². The van der Waals surface area contributed by atoms with E-state index in [1.807, 2.05) is 60.5 Å². The number of aliphatic imine (C=N–C) groups is 1. The van der Waals surface area contributed by atoms with Crippen molar-refractivity contribution in [3.63, 3.8) is 0 Å². The van der Waals surface area contributed by atoms with E-state index in [1.54, 1.807) is 30.9 Å². The second-order valence-corrected chi connectivity index (χ2v) is 12.7. The summed E-state index contributed by atoms with van der Waals surface area (Å²) in [4.78, 5) is 37.7. The van der Waals surface area contributed by atoms with Crippen LogP contribution in [0, 0.1) is 6.92 Å². The molecule has 3 heterocycles. The van der Waals surface area contributed by atoms with Crippen LogP contribution in [0.3, 0.4) is 0 Å². The van der Waals surface area contributed by atoms with Crippen LogP contribution in [0.5, 0.6) is 23.0 Å². The Morgan fingerprint density at radius 1 is 0.776 bits per heavy atom. The summed E-state index contributed by atoms with van der Waals surface area (Å²) < 4.78 is 24.5. The number of fused-ring (bicyclic) bond motifs is 3. The maximum absolute atomic E-state index is 13.4. The van der Waals surface area contributed by atoms with Crippen LogP contribution in [0.15, 0.2) is 64.4 Å². The molecule has 1 aromatic heterocycles. The molecular weight excluding hydrogens is 620 g/mol. The van der Waals surface area contributed by atoms with Gasteiger partial charge in [-0.15, -0.1) is 0 Å². The summed E-state index contributed by atoms with van der Waals surface area (Å²) in [5.41, 5.74) is 2.52. The Morgan fingerprint density at radius 2 is 1.47 bits per heavy atom. The van der Waals surface area contributed by atoms with Crippen molar-refractivity contribution in [3.8, 4) is 28.7 Å². The van der Waals surface area contributed by atoms with Crippen LogP contribution < -0.4 is 24.5 Å². The molecule has 0 spiro atoms. The number of nitrogens with zero attached hydrogens (tertiary/aromatic N) is 4. The predicted molar refractivity (Wildman–Crippen MR) is 192 cm³/mol. The van der Waals surface area contributed by atoms with Crippen molar-refractivity contribution in [1.29, 1.82) is 0 Å². The Balaban J connectivity index is 0.879. The first-order chi connectivity index (χ1) is 24.0. The number of ether oxygens (including phenoxy) is 4. The third-order valence-corrected chi connectivity index (χ3v) is 9.36. The van der Waals surface area contributed by atoms with E-state index in [2.05, 4.69) is 9.98 Å². The number of hydrogen-bond donors (Lipinski definition) is 0. The van der Waals surface area contributed by atoms with Crippen LogP contribution in [-0.4, -0.2) is 66.6 Å². The monoisotopic (exact) mass is 666 g/mol. The number of carbonyl (C=O) groups excluding carboxylic acids is 1. The van der Waals surface area contributed by atoms with E-state index in [0.717, 1.165) is 69.3 Å². The molecule has 1 fully saturated rings. The first kappa shape index (κ1) is 34.0. The molecule has 3 aromatic carbocycles. The smallest absolute Gasteiger partial charge is 0.266 e. The topological polar surface area (TPSA) is 104 Å². The van der Waals surface area contributed by atoms with E-state index in [0.29, 0.717) is 58.4 Å². The number of amides is 1. The number of benzene rings is 3. The molecule has 1 saturated heterocycles. The van der Waals surface area contributed by atoms with E-state index in [-0.39, 0.29) is 17.5 Å². The molecule has 1 amide bonds. The fourth-order valence-corrected chi connectivity index (χ4v) is 6.66. The van der Waals surface area contributed by atoms with Gasteiger partial charge < -0.3 is 23.8 Å². The summed E-state index contributed by atoms with van der Waals surface area (Å²) in [6, 6.07) is 16.6. The molecule has 10 nitrogen and oxygen atoms in total.